The predicted molar refractivity (Wildman–Crippen MR) is 89.3 cm³/mol. The summed E-state index contributed by atoms with van der Waals surface area (Å²) >= 11 is 1.39. The van der Waals surface area contributed by atoms with Gasteiger partial charge in [0.05, 0.1) is 16.3 Å². The molecule has 1 aliphatic heterocycles. The van der Waals surface area contributed by atoms with Crippen LogP contribution in [0.1, 0.15) is 13.8 Å². The van der Waals surface area contributed by atoms with E-state index < -0.39 is 6.04 Å². The van der Waals surface area contributed by atoms with Gasteiger partial charge in [-0.25, -0.2) is 4.98 Å². The van der Waals surface area contributed by atoms with Crippen molar-refractivity contribution in [3.63, 3.8) is 0 Å². The number of nitrogens with one attached hydrogen (secondary N) is 1. The average Bonchev–Trinajstić information content (AvgIpc) is 2.84. The van der Waals surface area contributed by atoms with E-state index in [-0.39, 0.29) is 24.2 Å². The Balaban J connectivity index is 0.00000176. The van der Waals surface area contributed by atoms with Crippen molar-refractivity contribution in [1.82, 2.24) is 4.98 Å². The summed E-state index contributed by atoms with van der Waals surface area (Å²) in [7, 11) is 0. The Bertz CT molecular complexity index is 646. The Kier molecular flexibility index (Phi) is 5.10. The topological polar surface area (TPSA) is 86.5 Å². The molecule has 3 rings (SSSR count). The maximum absolute atomic E-state index is 12.0. The number of amides is 1. The van der Waals surface area contributed by atoms with Crippen molar-refractivity contribution in [3.05, 3.63) is 12.1 Å². The van der Waals surface area contributed by atoms with Gasteiger partial charge in [0.25, 0.3) is 0 Å². The second kappa shape index (κ2) is 6.68. The quantitative estimate of drug-likeness (QED) is 0.893. The predicted octanol–water partition coefficient (Wildman–Crippen LogP) is 2.41. The van der Waals surface area contributed by atoms with Crippen LogP contribution in [0.25, 0.3) is 10.2 Å². The number of nitrogens with zero attached hydrogens (tertiary/aromatic N) is 1. The molecule has 0 unspecified atom stereocenters. The van der Waals surface area contributed by atoms with Crippen molar-refractivity contribution in [3.8, 4) is 11.5 Å². The van der Waals surface area contributed by atoms with Crippen molar-refractivity contribution < 1.29 is 14.3 Å². The van der Waals surface area contributed by atoms with Crippen LogP contribution in [-0.2, 0) is 4.79 Å². The van der Waals surface area contributed by atoms with Gasteiger partial charge in [-0.2, -0.15) is 0 Å². The van der Waals surface area contributed by atoms with Crippen LogP contribution in [0, 0.1) is 5.92 Å². The molecule has 3 N–H and O–H groups in total. The van der Waals surface area contributed by atoms with Crippen molar-refractivity contribution in [1.29, 1.82) is 0 Å². The molecule has 0 saturated carbocycles. The molecule has 22 heavy (non-hydrogen) atoms. The number of anilines is 1. The van der Waals surface area contributed by atoms with Crippen LogP contribution in [0.4, 0.5) is 5.13 Å². The minimum atomic E-state index is -0.545. The Morgan fingerprint density at radius 2 is 1.95 bits per heavy atom. The first-order valence-corrected chi connectivity index (χ1v) is 7.63. The van der Waals surface area contributed by atoms with Gasteiger partial charge in [0.1, 0.15) is 13.2 Å². The van der Waals surface area contributed by atoms with Gasteiger partial charge in [-0.3, -0.25) is 4.79 Å². The monoisotopic (exact) mass is 343 g/mol. The van der Waals surface area contributed by atoms with Crippen LogP contribution in [0.3, 0.4) is 0 Å². The normalized spacial score (nSPS) is 14.5. The largest absolute Gasteiger partial charge is 0.486 e. The summed E-state index contributed by atoms with van der Waals surface area (Å²) in [6.07, 6.45) is 0. The van der Waals surface area contributed by atoms with Crippen molar-refractivity contribution >= 4 is 45.0 Å². The Labute approximate surface area is 138 Å². The lowest BCUT2D eigenvalue weighted by Crippen LogP contribution is -2.39. The zero-order valence-electron chi connectivity index (χ0n) is 12.3. The zero-order valence-corrected chi connectivity index (χ0v) is 13.9. The number of carbonyl (C=O) groups is 1. The summed E-state index contributed by atoms with van der Waals surface area (Å²) in [5.74, 6) is 1.26. The molecule has 0 saturated heterocycles. The maximum atomic E-state index is 12.0. The molecule has 1 aromatic carbocycles. The molecule has 0 bridgehead atoms. The molecule has 0 aliphatic carbocycles. The van der Waals surface area contributed by atoms with E-state index in [4.69, 9.17) is 15.2 Å². The van der Waals surface area contributed by atoms with Crippen LogP contribution in [0.2, 0.25) is 0 Å². The summed E-state index contributed by atoms with van der Waals surface area (Å²) < 4.78 is 12.0. The van der Waals surface area contributed by atoms with Gasteiger partial charge in [0.15, 0.2) is 16.6 Å². The molecular weight excluding hydrogens is 326 g/mol. The van der Waals surface area contributed by atoms with E-state index in [9.17, 15) is 4.79 Å². The third-order valence-electron chi connectivity index (χ3n) is 3.30. The lowest BCUT2D eigenvalue weighted by molar-refractivity contribution is -0.118. The Morgan fingerprint density at radius 1 is 1.32 bits per heavy atom. The van der Waals surface area contributed by atoms with E-state index in [0.29, 0.717) is 29.8 Å². The lowest BCUT2D eigenvalue weighted by atomic mass is 10.1. The molecule has 8 heteroatoms. The summed E-state index contributed by atoms with van der Waals surface area (Å²) in [6, 6.07) is 3.18. The number of hydrogen-bond acceptors (Lipinski definition) is 6. The van der Waals surface area contributed by atoms with Gasteiger partial charge >= 0.3 is 0 Å². The molecule has 120 valence electrons. The zero-order chi connectivity index (χ0) is 15.0. The summed E-state index contributed by atoms with van der Waals surface area (Å²) in [6.45, 7) is 4.90. The number of ether oxygens (including phenoxy) is 2. The number of fused-ring (bicyclic) bond motifs is 2. The number of nitrogens with two attached hydrogens (primary N) is 1. The third kappa shape index (κ3) is 3.26. The molecule has 1 amide bonds. The standard InChI is InChI=1S/C14H17N3O3S.ClH/c1-7(2)12(15)13(18)17-14-16-8-5-9-10(6-11(8)21-14)20-4-3-19-9;/h5-7,12H,3-4,15H2,1-2H3,(H,16,17,18);1H/t12-;/m0./s1. The number of halogens is 1. The first-order chi connectivity index (χ1) is 10.0. The SMILES string of the molecule is CC(C)[C@H](N)C(=O)Nc1nc2cc3c(cc2s1)OCCO3.Cl. The minimum Gasteiger partial charge on any atom is -0.486 e. The molecular formula is C14H18ClN3O3S. The Morgan fingerprint density at radius 3 is 2.59 bits per heavy atom. The van der Waals surface area contributed by atoms with E-state index in [2.05, 4.69) is 10.3 Å². The highest BCUT2D eigenvalue weighted by atomic mass is 35.5. The van der Waals surface area contributed by atoms with Gasteiger partial charge in [0, 0.05) is 12.1 Å². The summed E-state index contributed by atoms with van der Waals surface area (Å²) in [5, 5.41) is 3.30. The maximum Gasteiger partial charge on any atom is 0.243 e. The molecule has 0 fully saturated rings. The van der Waals surface area contributed by atoms with Crippen molar-refractivity contribution in [2.45, 2.75) is 19.9 Å². The van der Waals surface area contributed by atoms with E-state index in [0.717, 1.165) is 10.2 Å². The minimum absolute atomic E-state index is 0. The number of hydrogen-bond donors (Lipinski definition) is 2. The fourth-order valence-electron chi connectivity index (χ4n) is 2.01. The average molecular weight is 344 g/mol. The van der Waals surface area contributed by atoms with Crippen LogP contribution in [0.15, 0.2) is 12.1 Å². The van der Waals surface area contributed by atoms with Crippen LogP contribution in [0.5, 0.6) is 11.5 Å². The summed E-state index contributed by atoms with van der Waals surface area (Å²) in [4.78, 5) is 16.4. The van der Waals surface area contributed by atoms with Crippen molar-refractivity contribution in [2.75, 3.05) is 18.5 Å². The van der Waals surface area contributed by atoms with Crippen LogP contribution >= 0.6 is 23.7 Å². The number of thiazole rings is 1. The highest BCUT2D eigenvalue weighted by Crippen LogP contribution is 2.37. The first-order valence-electron chi connectivity index (χ1n) is 6.81. The van der Waals surface area contributed by atoms with E-state index in [1.54, 1.807) is 0 Å². The number of carbonyl (C=O) groups excluding carboxylic acids is 1. The smallest absolute Gasteiger partial charge is 0.243 e. The van der Waals surface area contributed by atoms with Gasteiger partial charge in [-0.15, -0.1) is 12.4 Å². The van der Waals surface area contributed by atoms with E-state index in [1.807, 2.05) is 26.0 Å². The fourth-order valence-corrected chi connectivity index (χ4v) is 2.89. The lowest BCUT2D eigenvalue weighted by Gasteiger charge is -2.17. The molecule has 2 heterocycles. The third-order valence-corrected chi connectivity index (χ3v) is 4.24. The molecule has 6 nitrogen and oxygen atoms in total. The molecule has 1 atom stereocenters. The van der Waals surface area contributed by atoms with Gasteiger partial charge in [-0.1, -0.05) is 25.2 Å². The van der Waals surface area contributed by atoms with Gasteiger partial charge < -0.3 is 20.5 Å². The van der Waals surface area contributed by atoms with Crippen molar-refractivity contribution in [2.24, 2.45) is 11.7 Å². The number of rotatable bonds is 3. The Hall–Kier alpha value is -1.57. The number of benzene rings is 1. The fraction of sp³-hybridized carbons (Fsp3) is 0.429. The molecule has 2 aromatic rings. The first kappa shape index (κ1) is 16.8. The molecule has 1 aromatic heterocycles. The second-order valence-electron chi connectivity index (χ2n) is 5.24. The number of aromatic nitrogens is 1. The second-order valence-corrected chi connectivity index (χ2v) is 6.27. The molecule has 0 spiro atoms. The molecule has 1 aliphatic rings. The highest BCUT2D eigenvalue weighted by Gasteiger charge is 2.20. The van der Waals surface area contributed by atoms with E-state index >= 15 is 0 Å². The summed E-state index contributed by atoms with van der Waals surface area (Å²) in [5.41, 5.74) is 6.60. The van der Waals surface area contributed by atoms with Gasteiger partial charge in [-0.05, 0) is 5.92 Å². The van der Waals surface area contributed by atoms with E-state index in [1.165, 1.54) is 11.3 Å². The van der Waals surface area contributed by atoms with Crippen LogP contribution < -0.4 is 20.5 Å². The van der Waals surface area contributed by atoms with Gasteiger partial charge in [0.2, 0.25) is 5.91 Å². The highest BCUT2D eigenvalue weighted by molar-refractivity contribution is 7.22. The van der Waals surface area contributed by atoms with Crippen LogP contribution in [-0.4, -0.2) is 30.1 Å². The molecule has 0 radical (unpaired) electrons.